The van der Waals surface area contributed by atoms with Gasteiger partial charge in [-0.3, -0.25) is 0 Å². The van der Waals surface area contributed by atoms with Crippen LogP contribution in [0.2, 0.25) is 0 Å². The molecule has 0 spiro atoms. The molecule has 1 aliphatic rings. The average molecular weight is 144 g/mol. The third-order valence-electron chi connectivity index (χ3n) is 1.70. The van der Waals surface area contributed by atoms with E-state index in [1.54, 1.807) is 0 Å². The van der Waals surface area contributed by atoms with E-state index in [0.29, 0.717) is 6.10 Å². The van der Waals surface area contributed by atoms with Crippen LogP contribution in [0.15, 0.2) is 0 Å². The van der Waals surface area contributed by atoms with Crippen molar-refractivity contribution >= 4 is 0 Å². The molecule has 3 nitrogen and oxygen atoms in total. The van der Waals surface area contributed by atoms with Crippen molar-refractivity contribution in [3.63, 3.8) is 0 Å². The molecule has 0 aromatic heterocycles. The molecular formula is C7H16N2O. The fourth-order valence-corrected chi connectivity index (χ4v) is 1.16. The van der Waals surface area contributed by atoms with Crippen LogP contribution in [0.5, 0.6) is 0 Å². The lowest BCUT2D eigenvalue weighted by Crippen LogP contribution is -2.32. The maximum atomic E-state index is 5.41. The fourth-order valence-electron chi connectivity index (χ4n) is 1.16. The smallest absolute Gasteiger partial charge is 0.0700 e. The average Bonchev–Trinajstić information content (AvgIpc) is 2.41. The Kier molecular flexibility index (Phi) is 3.72. The van der Waals surface area contributed by atoms with Gasteiger partial charge in [0.15, 0.2) is 0 Å². The summed E-state index contributed by atoms with van der Waals surface area (Å²) in [4.78, 5) is 0. The van der Waals surface area contributed by atoms with E-state index in [-0.39, 0.29) is 0 Å². The number of ether oxygens (including phenoxy) is 1. The normalized spacial score (nSPS) is 25.5. The first-order valence-corrected chi connectivity index (χ1v) is 3.90. The van der Waals surface area contributed by atoms with Gasteiger partial charge in [-0.05, 0) is 19.9 Å². The highest BCUT2D eigenvalue weighted by atomic mass is 16.5. The molecule has 0 aliphatic carbocycles. The van der Waals surface area contributed by atoms with Crippen LogP contribution in [0, 0.1) is 0 Å². The lowest BCUT2D eigenvalue weighted by Gasteiger charge is -2.09. The zero-order chi connectivity index (χ0) is 7.23. The highest BCUT2D eigenvalue weighted by molar-refractivity contribution is 4.66. The molecule has 0 aromatic carbocycles. The zero-order valence-electron chi connectivity index (χ0n) is 6.52. The van der Waals surface area contributed by atoms with Crippen molar-refractivity contribution in [2.75, 3.05) is 26.9 Å². The van der Waals surface area contributed by atoms with Crippen molar-refractivity contribution in [3.8, 4) is 0 Å². The Labute approximate surface area is 62.1 Å². The molecule has 0 amide bonds. The molecule has 0 bridgehead atoms. The first-order chi connectivity index (χ1) is 4.93. The number of hydrogen-bond donors (Lipinski definition) is 2. The highest BCUT2D eigenvalue weighted by Crippen LogP contribution is 2.09. The van der Waals surface area contributed by atoms with Gasteiger partial charge >= 0.3 is 0 Å². The molecule has 10 heavy (non-hydrogen) atoms. The topological polar surface area (TPSA) is 33.3 Å². The van der Waals surface area contributed by atoms with Crippen molar-refractivity contribution in [3.05, 3.63) is 0 Å². The molecule has 0 saturated carbocycles. The first kappa shape index (κ1) is 7.98. The summed E-state index contributed by atoms with van der Waals surface area (Å²) < 4.78 is 5.41. The number of rotatable bonds is 4. The summed E-state index contributed by atoms with van der Waals surface area (Å²) >= 11 is 0. The van der Waals surface area contributed by atoms with Crippen LogP contribution in [-0.2, 0) is 4.74 Å². The van der Waals surface area contributed by atoms with Gasteiger partial charge in [0.25, 0.3) is 0 Å². The van der Waals surface area contributed by atoms with Gasteiger partial charge in [-0.15, -0.1) is 0 Å². The van der Waals surface area contributed by atoms with Crippen molar-refractivity contribution in [1.82, 2.24) is 10.6 Å². The molecular weight excluding hydrogens is 128 g/mol. The molecule has 0 aromatic rings. The van der Waals surface area contributed by atoms with Gasteiger partial charge < -0.3 is 15.4 Å². The Hall–Kier alpha value is -0.120. The van der Waals surface area contributed by atoms with Crippen molar-refractivity contribution in [2.24, 2.45) is 0 Å². The van der Waals surface area contributed by atoms with Crippen molar-refractivity contribution < 1.29 is 4.74 Å². The van der Waals surface area contributed by atoms with E-state index in [1.165, 1.54) is 12.8 Å². The Morgan fingerprint density at radius 3 is 3.10 bits per heavy atom. The minimum Gasteiger partial charge on any atom is -0.377 e. The summed E-state index contributed by atoms with van der Waals surface area (Å²) in [5.41, 5.74) is 0. The van der Waals surface area contributed by atoms with Gasteiger partial charge in [0, 0.05) is 19.8 Å². The summed E-state index contributed by atoms with van der Waals surface area (Å²) in [5, 5.41) is 6.27. The fraction of sp³-hybridized carbons (Fsp3) is 1.00. The highest BCUT2D eigenvalue weighted by Gasteiger charge is 2.13. The van der Waals surface area contributed by atoms with Crippen LogP contribution in [0.3, 0.4) is 0 Å². The predicted octanol–water partition coefficient (Wildman–Crippen LogP) is -0.0681. The number of hydrogen-bond acceptors (Lipinski definition) is 3. The van der Waals surface area contributed by atoms with Gasteiger partial charge in [0.1, 0.15) is 0 Å². The van der Waals surface area contributed by atoms with E-state index in [4.69, 9.17) is 4.74 Å². The second-order valence-electron chi connectivity index (χ2n) is 2.62. The third kappa shape index (κ3) is 2.64. The van der Waals surface area contributed by atoms with Crippen LogP contribution >= 0.6 is 0 Å². The Bertz CT molecular complexity index is 81.7. The monoisotopic (exact) mass is 144 g/mol. The lowest BCUT2D eigenvalue weighted by atomic mass is 10.2. The lowest BCUT2D eigenvalue weighted by molar-refractivity contribution is 0.110. The largest absolute Gasteiger partial charge is 0.377 e. The summed E-state index contributed by atoms with van der Waals surface area (Å²) in [6.07, 6.45) is 2.91. The van der Waals surface area contributed by atoms with Gasteiger partial charge in [-0.25, -0.2) is 0 Å². The van der Waals surface area contributed by atoms with Gasteiger partial charge in [-0.2, -0.15) is 0 Å². The van der Waals surface area contributed by atoms with Gasteiger partial charge in [0.2, 0.25) is 0 Å². The molecule has 0 radical (unpaired) electrons. The maximum Gasteiger partial charge on any atom is 0.0700 e. The molecule has 1 rings (SSSR count). The van der Waals surface area contributed by atoms with Crippen LogP contribution < -0.4 is 10.6 Å². The van der Waals surface area contributed by atoms with E-state index in [1.807, 2.05) is 7.05 Å². The standard InChI is InChI=1S/C7H16N2O/c1-8-6-9-5-7-3-2-4-10-7/h7-9H,2-6H2,1H3. The van der Waals surface area contributed by atoms with E-state index >= 15 is 0 Å². The van der Waals surface area contributed by atoms with Gasteiger partial charge in [-0.1, -0.05) is 0 Å². The van der Waals surface area contributed by atoms with E-state index in [0.717, 1.165) is 19.8 Å². The third-order valence-corrected chi connectivity index (χ3v) is 1.70. The second-order valence-corrected chi connectivity index (χ2v) is 2.62. The summed E-state index contributed by atoms with van der Waals surface area (Å²) in [6, 6.07) is 0. The quantitative estimate of drug-likeness (QED) is 0.428. The van der Waals surface area contributed by atoms with E-state index in [2.05, 4.69) is 10.6 Å². The number of nitrogens with one attached hydrogen (secondary N) is 2. The van der Waals surface area contributed by atoms with Crippen LogP contribution in [-0.4, -0.2) is 33.0 Å². The van der Waals surface area contributed by atoms with Crippen LogP contribution in [0.4, 0.5) is 0 Å². The Morgan fingerprint density at radius 1 is 1.60 bits per heavy atom. The molecule has 60 valence electrons. The molecule has 1 saturated heterocycles. The zero-order valence-corrected chi connectivity index (χ0v) is 6.52. The molecule has 1 unspecified atom stereocenters. The first-order valence-electron chi connectivity index (χ1n) is 3.90. The molecule has 1 fully saturated rings. The summed E-state index contributed by atoms with van der Waals surface area (Å²) in [5.74, 6) is 0. The van der Waals surface area contributed by atoms with Crippen LogP contribution in [0.25, 0.3) is 0 Å². The van der Waals surface area contributed by atoms with E-state index in [9.17, 15) is 0 Å². The molecule has 1 aliphatic heterocycles. The molecule has 1 atom stereocenters. The Morgan fingerprint density at radius 2 is 2.50 bits per heavy atom. The van der Waals surface area contributed by atoms with Crippen LogP contribution in [0.1, 0.15) is 12.8 Å². The van der Waals surface area contributed by atoms with E-state index < -0.39 is 0 Å². The second kappa shape index (κ2) is 4.66. The summed E-state index contributed by atoms with van der Waals surface area (Å²) in [7, 11) is 1.93. The minimum absolute atomic E-state index is 0.466. The Balaban J connectivity index is 1.91. The maximum absolute atomic E-state index is 5.41. The summed E-state index contributed by atoms with van der Waals surface area (Å²) in [6.45, 7) is 2.81. The SMILES string of the molecule is CNCNCC1CCCO1. The minimum atomic E-state index is 0.466. The molecule has 3 heteroatoms. The predicted molar refractivity (Wildman–Crippen MR) is 40.9 cm³/mol. The molecule has 1 heterocycles. The van der Waals surface area contributed by atoms with Crippen molar-refractivity contribution in [2.45, 2.75) is 18.9 Å². The van der Waals surface area contributed by atoms with Crippen molar-refractivity contribution in [1.29, 1.82) is 0 Å². The molecule has 2 N–H and O–H groups in total. The van der Waals surface area contributed by atoms with Gasteiger partial charge in [0.05, 0.1) is 6.10 Å².